The number of hydrogen-bond acceptors (Lipinski definition) is 6. The van der Waals surface area contributed by atoms with Crippen molar-refractivity contribution in [1.29, 1.82) is 0 Å². The second-order valence-corrected chi connectivity index (χ2v) is 6.24. The van der Waals surface area contributed by atoms with Gasteiger partial charge >= 0.3 is 0 Å². The fourth-order valence-corrected chi connectivity index (χ4v) is 3.32. The minimum absolute atomic E-state index is 0.0159. The van der Waals surface area contributed by atoms with Crippen molar-refractivity contribution in [2.24, 2.45) is 0 Å². The van der Waals surface area contributed by atoms with Gasteiger partial charge in [-0.3, -0.25) is 4.79 Å². The first-order chi connectivity index (χ1) is 12.2. The first kappa shape index (κ1) is 15.9. The van der Waals surface area contributed by atoms with E-state index in [-0.39, 0.29) is 18.7 Å². The maximum atomic E-state index is 13.0. The van der Waals surface area contributed by atoms with Gasteiger partial charge < -0.3 is 23.7 Å². The van der Waals surface area contributed by atoms with E-state index >= 15 is 0 Å². The van der Waals surface area contributed by atoms with Gasteiger partial charge in [0.05, 0.1) is 0 Å². The van der Waals surface area contributed by atoms with Crippen LogP contribution in [0, 0.1) is 0 Å². The van der Waals surface area contributed by atoms with E-state index in [1.54, 1.807) is 25.3 Å². The molecule has 132 valence electrons. The number of fused-ring (bicyclic) bond motifs is 2. The highest BCUT2D eigenvalue weighted by Crippen LogP contribution is 2.33. The van der Waals surface area contributed by atoms with Gasteiger partial charge in [0.25, 0.3) is 5.91 Å². The van der Waals surface area contributed by atoms with Crippen LogP contribution in [0.15, 0.2) is 18.2 Å². The van der Waals surface area contributed by atoms with Gasteiger partial charge in [-0.05, 0) is 25.1 Å². The lowest BCUT2D eigenvalue weighted by atomic mass is 10.1. The number of ether oxygens (including phenoxy) is 3. The second-order valence-electron chi connectivity index (χ2n) is 6.24. The summed E-state index contributed by atoms with van der Waals surface area (Å²) in [6.45, 7) is 3.89. The lowest BCUT2D eigenvalue weighted by Gasteiger charge is -2.26. The Balaban J connectivity index is 1.56. The van der Waals surface area contributed by atoms with Crippen LogP contribution in [0.25, 0.3) is 0 Å². The molecule has 1 atom stereocenters. The van der Waals surface area contributed by atoms with Crippen molar-refractivity contribution in [3.05, 3.63) is 35.4 Å². The van der Waals surface area contributed by atoms with Gasteiger partial charge in [0, 0.05) is 38.2 Å². The maximum absolute atomic E-state index is 13.0. The Morgan fingerprint density at radius 3 is 2.96 bits per heavy atom. The quantitative estimate of drug-likeness (QED) is 0.834. The first-order valence-electron chi connectivity index (χ1n) is 8.28. The van der Waals surface area contributed by atoms with Crippen LogP contribution in [0.2, 0.25) is 0 Å². The van der Waals surface area contributed by atoms with Crippen molar-refractivity contribution in [1.82, 2.24) is 19.7 Å². The van der Waals surface area contributed by atoms with Crippen molar-refractivity contribution in [3.8, 4) is 11.5 Å². The zero-order valence-electron chi connectivity index (χ0n) is 14.3. The number of aromatic nitrogens is 3. The molecular weight excluding hydrogens is 324 g/mol. The summed E-state index contributed by atoms with van der Waals surface area (Å²) in [6.07, 6.45) is 0.660. The van der Waals surface area contributed by atoms with Crippen molar-refractivity contribution < 1.29 is 19.0 Å². The van der Waals surface area contributed by atoms with E-state index in [0.29, 0.717) is 43.2 Å². The number of hydrogen-bond donors (Lipinski definition) is 0. The van der Waals surface area contributed by atoms with E-state index in [2.05, 4.69) is 10.2 Å². The molecule has 0 saturated heterocycles. The summed E-state index contributed by atoms with van der Waals surface area (Å²) in [4.78, 5) is 14.9. The summed E-state index contributed by atoms with van der Waals surface area (Å²) >= 11 is 0. The summed E-state index contributed by atoms with van der Waals surface area (Å²) in [5.41, 5.74) is 0.603. The van der Waals surface area contributed by atoms with Gasteiger partial charge in [0.1, 0.15) is 12.4 Å². The van der Waals surface area contributed by atoms with Gasteiger partial charge in [-0.1, -0.05) is 0 Å². The van der Waals surface area contributed by atoms with Crippen LogP contribution in [-0.4, -0.2) is 52.1 Å². The van der Waals surface area contributed by atoms with E-state index in [4.69, 9.17) is 14.2 Å². The van der Waals surface area contributed by atoms with Crippen molar-refractivity contribution >= 4 is 5.91 Å². The summed E-state index contributed by atoms with van der Waals surface area (Å²) in [7, 11) is 1.64. The highest BCUT2D eigenvalue weighted by atomic mass is 16.7. The Labute approximate surface area is 145 Å². The largest absolute Gasteiger partial charge is 0.454 e. The van der Waals surface area contributed by atoms with Crippen LogP contribution in [0.4, 0.5) is 0 Å². The average molecular weight is 344 g/mol. The van der Waals surface area contributed by atoms with Gasteiger partial charge in [-0.2, -0.15) is 0 Å². The predicted molar refractivity (Wildman–Crippen MR) is 87.5 cm³/mol. The van der Waals surface area contributed by atoms with E-state index in [1.165, 1.54) is 0 Å². The monoisotopic (exact) mass is 344 g/mol. The zero-order valence-corrected chi connectivity index (χ0v) is 14.3. The van der Waals surface area contributed by atoms with Crippen LogP contribution in [0.5, 0.6) is 11.5 Å². The number of carbonyl (C=O) groups is 1. The molecule has 0 bridgehead atoms. The Morgan fingerprint density at radius 1 is 1.28 bits per heavy atom. The van der Waals surface area contributed by atoms with E-state index in [1.807, 2.05) is 16.4 Å². The summed E-state index contributed by atoms with van der Waals surface area (Å²) in [6, 6.07) is 5.34. The number of benzene rings is 1. The molecule has 2 aliphatic heterocycles. The van der Waals surface area contributed by atoms with Crippen LogP contribution >= 0.6 is 0 Å². The minimum atomic E-state index is -0.0159. The third-order valence-electron chi connectivity index (χ3n) is 4.63. The molecule has 8 heteroatoms. The van der Waals surface area contributed by atoms with Crippen LogP contribution in [0.1, 0.15) is 28.9 Å². The Morgan fingerprint density at radius 2 is 2.12 bits per heavy atom. The summed E-state index contributed by atoms with van der Waals surface area (Å²) in [5.74, 6) is 2.96. The first-order valence-corrected chi connectivity index (χ1v) is 8.28. The molecule has 2 aromatic rings. The van der Waals surface area contributed by atoms with Gasteiger partial charge in [-0.15, -0.1) is 10.2 Å². The Bertz CT molecular complexity index is 804. The molecule has 0 unspecified atom stereocenters. The molecule has 0 radical (unpaired) electrons. The standard InChI is InChI=1S/C17H20N4O4/c1-11-7-15-18-19-16(9-23-2)21(15)6-5-20(11)17(22)12-3-4-13-14(8-12)25-10-24-13/h3-4,8,11H,5-7,9-10H2,1-2H3/t11-/m0/s1. The third-order valence-corrected chi connectivity index (χ3v) is 4.63. The summed E-state index contributed by atoms with van der Waals surface area (Å²) < 4.78 is 17.9. The topological polar surface area (TPSA) is 78.7 Å². The maximum Gasteiger partial charge on any atom is 0.254 e. The normalized spacial score (nSPS) is 18.8. The van der Waals surface area contributed by atoms with E-state index < -0.39 is 0 Å². The summed E-state index contributed by atoms with van der Waals surface area (Å²) in [5, 5.41) is 8.44. The third kappa shape index (κ3) is 2.82. The van der Waals surface area contributed by atoms with Crippen molar-refractivity contribution in [2.45, 2.75) is 32.5 Å². The fourth-order valence-electron chi connectivity index (χ4n) is 3.32. The number of methoxy groups -OCH3 is 1. The van der Waals surface area contributed by atoms with E-state index in [0.717, 1.165) is 11.6 Å². The fraction of sp³-hybridized carbons (Fsp3) is 0.471. The molecule has 0 fully saturated rings. The number of rotatable bonds is 3. The molecule has 8 nitrogen and oxygen atoms in total. The highest BCUT2D eigenvalue weighted by molar-refractivity contribution is 5.95. The molecule has 2 aliphatic rings. The average Bonchev–Trinajstić information content (AvgIpc) is 3.18. The Hall–Kier alpha value is -2.61. The number of carbonyl (C=O) groups excluding carboxylic acids is 1. The smallest absolute Gasteiger partial charge is 0.254 e. The molecule has 0 N–H and O–H groups in total. The molecule has 1 amide bonds. The van der Waals surface area contributed by atoms with Crippen molar-refractivity contribution in [2.75, 3.05) is 20.4 Å². The number of amides is 1. The predicted octanol–water partition coefficient (Wildman–Crippen LogP) is 1.24. The molecule has 3 heterocycles. The van der Waals surface area contributed by atoms with Crippen LogP contribution in [-0.2, 0) is 24.3 Å². The molecule has 0 aliphatic carbocycles. The van der Waals surface area contributed by atoms with Gasteiger partial charge in [0.15, 0.2) is 17.3 Å². The molecular formula is C17H20N4O4. The molecule has 1 aromatic carbocycles. The molecule has 0 saturated carbocycles. The SMILES string of the molecule is COCc1nnc2n1CCN(C(=O)c1ccc3c(c1)OCO3)[C@@H](C)C2. The lowest BCUT2D eigenvalue weighted by Crippen LogP contribution is -2.40. The number of nitrogens with zero attached hydrogens (tertiary/aromatic N) is 4. The van der Waals surface area contributed by atoms with Gasteiger partial charge in [0.2, 0.25) is 6.79 Å². The van der Waals surface area contributed by atoms with Crippen LogP contribution in [0.3, 0.4) is 0 Å². The lowest BCUT2D eigenvalue weighted by molar-refractivity contribution is 0.0694. The molecule has 0 spiro atoms. The highest BCUT2D eigenvalue weighted by Gasteiger charge is 2.28. The molecule has 1 aromatic heterocycles. The zero-order chi connectivity index (χ0) is 17.4. The minimum Gasteiger partial charge on any atom is -0.454 e. The Kier molecular flexibility index (Phi) is 4.04. The second kappa shape index (κ2) is 6.36. The molecule has 25 heavy (non-hydrogen) atoms. The van der Waals surface area contributed by atoms with Gasteiger partial charge in [-0.25, -0.2) is 0 Å². The van der Waals surface area contributed by atoms with E-state index in [9.17, 15) is 4.79 Å². The molecule has 4 rings (SSSR count). The van der Waals surface area contributed by atoms with Crippen molar-refractivity contribution in [3.63, 3.8) is 0 Å². The van der Waals surface area contributed by atoms with Crippen LogP contribution < -0.4 is 9.47 Å².